The number of hydrogen-bond acceptors (Lipinski definition) is 4. The lowest BCUT2D eigenvalue weighted by atomic mass is 10.0. The summed E-state index contributed by atoms with van der Waals surface area (Å²) in [5.74, 6) is 1.03. The van der Waals surface area contributed by atoms with E-state index in [0.717, 1.165) is 25.6 Å². The molecule has 0 N–H and O–H groups in total. The Labute approximate surface area is 203 Å². The second-order valence-corrected chi connectivity index (χ2v) is 117. The van der Waals surface area contributed by atoms with Gasteiger partial charge in [-0.2, -0.15) is 0 Å². The molecule has 13 heteroatoms. The second-order valence-electron chi connectivity index (χ2n) is 9.66. The Morgan fingerprint density at radius 3 is 1.87 bits per heavy atom. The first-order valence-electron chi connectivity index (χ1n) is 11.4. The molecule has 1 aromatic rings. The molecule has 4 nitrogen and oxygen atoms in total. The van der Waals surface area contributed by atoms with Gasteiger partial charge in [-0.15, -0.1) is 0 Å². The van der Waals surface area contributed by atoms with E-state index >= 15 is 0 Å². The molecule has 174 valence electrons. The van der Waals surface area contributed by atoms with Gasteiger partial charge in [-0.25, -0.2) is 0 Å². The summed E-state index contributed by atoms with van der Waals surface area (Å²) in [4.78, 5) is 0. The summed E-state index contributed by atoms with van der Waals surface area (Å²) in [6, 6.07) is 5.99. The first-order chi connectivity index (χ1) is 13.9. The molecule has 0 heterocycles. The molecule has 0 aromatic heterocycles. The van der Waals surface area contributed by atoms with E-state index in [-0.39, 0.29) is 0 Å². The molecule has 0 saturated heterocycles. The average molecular weight is 567 g/mol. The van der Waals surface area contributed by atoms with Gasteiger partial charge in [0.05, 0.1) is 7.11 Å². The third-order valence-electron chi connectivity index (χ3n) is 6.60. The van der Waals surface area contributed by atoms with Crippen LogP contribution in [0.4, 0.5) is 0 Å². The van der Waals surface area contributed by atoms with Crippen molar-refractivity contribution in [2.75, 3.05) is 26.9 Å². The number of rotatable bonds is 13. The third kappa shape index (κ3) is 6.46. The van der Waals surface area contributed by atoms with Crippen molar-refractivity contribution in [1.29, 1.82) is 0 Å². The Bertz CT molecular complexity index is 678. The molecule has 0 fully saturated rings. The molecule has 1 unspecified atom stereocenters. The highest BCUT2D eigenvalue weighted by molar-refractivity contribution is 8.11. The van der Waals surface area contributed by atoms with Gasteiger partial charge < -0.3 is 18.0 Å². The Morgan fingerprint density at radius 1 is 0.867 bits per heavy atom. The summed E-state index contributed by atoms with van der Waals surface area (Å²) in [7, 11) is 6.96. The Kier molecular flexibility index (Phi) is 11.9. The standard InChI is InChI=1S/C17H46O4Si9/c1-7-19-27(20-8-2)28(30(24,25)26,29(22,23)21-9-3)11-10-16-13-17(18-6)15(5)12-14(16)4/h12-13,27H,7-11H2,1-6,22-26H3. The van der Waals surface area contributed by atoms with Crippen LogP contribution in [0.3, 0.4) is 0 Å². The highest BCUT2D eigenvalue weighted by Gasteiger charge is 2.64. The fraction of sp³-hybridized carbons (Fsp3) is 0.647. The van der Waals surface area contributed by atoms with Crippen LogP contribution in [0.2, 0.25) is 6.04 Å². The van der Waals surface area contributed by atoms with E-state index in [9.17, 15) is 0 Å². The monoisotopic (exact) mass is 566 g/mol. The maximum absolute atomic E-state index is 6.85. The fourth-order valence-corrected chi connectivity index (χ4v) is 279. The van der Waals surface area contributed by atoms with Crippen molar-refractivity contribution in [2.24, 2.45) is 0 Å². The van der Waals surface area contributed by atoms with Gasteiger partial charge in [0.25, 0.3) is 8.80 Å². The predicted molar refractivity (Wildman–Crippen MR) is 160 cm³/mol. The van der Waals surface area contributed by atoms with E-state index in [0.29, 0.717) is 0 Å². The lowest BCUT2D eigenvalue weighted by Gasteiger charge is -2.53. The lowest BCUT2D eigenvalue weighted by molar-refractivity contribution is 0.229. The van der Waals surface area contributed by atoms with Gasteiger partial charge >= 0.3 is 0 Å². The Balaban J connectivity index is 3.56. The van der Waals surface area contributed by atoms with Crippen molar-refractivity contribution < 1.29 is 18.0 Å². The van der Waals surface area contributed by atoms with Crippen LogP contribution in [-0.2, 0) is 19.7 Å². The van der Waals surface area contributed by atoms with Gasteiger partial charge in [-0.3, -0.25) is 0 Å². The van der Waals surface area contributed by atoms with E-state index in [2.05, 4.69) is 46.8 Å². The van der Waals surface area contributed by atoms with Crippen molar-refractivity contribution in [3.05, 3.63) is 28.8 Å². The minimum atomic E-state index is -1.67. The predicted octanol–water partition coefficient (Wildman–Crippen LogP) is -3.43. The summed E-state index contributed by atoms with van der Waals surface area (Å²) in [5, 5.41) is 0. The lowest BCUT2D eigenvalue weighted by Crippen LogP contribution is -2.89. The van der Waals surface area contributed by atoms with Crippen LogP contribution in [0.1, 0.15) is 37.5 Å². The first-order valence-corrected chi connectivity index (χ1v) is 39.8. The van der Waals surface area contributed by atoms with Crippen molar-refractivity contribution in [3.8, 4) is 5.75 Å². The molecule has 0 aliphatic carbocycles. The number of ether oxygens (including phenoxy) is 1. The molecule has 0 bridgehead atoms. The van der Waals surface area contributed by atoms with Gasteiger partial charge in [-0.05, 0) is 93.1 Å². The van der Waals surface area contributed by atoms with Gasteiger partial charge in [-0.1, -0.05) is 12.1 Å². The zero-order chi connectivity index (χ0) is 23.2. The molecule has 0 radical (unpaired) electrons. The van der Waals surface area contributed by atoms with Crippen molar-refractivity contribution in [1.82, 2.24) is 0 Å². The molecule has 1 atom stereocenters. The second kappa shape index (κ2) is 12.4. The molecule has 0 spiro atoms. The van der Waals surface area contributed by atoms with Crippen molar-refractivity contribution >= 4 is 77.2 Å². The largest absolute Gasteiger partial charge is 0.496 e. The highest BCUT2D eigenvalue weighted by Crippen LogP contribution is 2.32. The number of methoxy groups -OCH3 is 1. The first kappa shape index (κ1) is 28.9. The summed E-state index contributed by atoms with van der Waals surface area (Å²) in [6.45, 7) is 10.3. The normalized spacial score (nSPS) is 18.5. The number of hydrogen-bond donors (Lipinski definition) is 0. The number of aryl methyl sites for hydroxylation is 3. The molecule has 1 rings (SSSR count). The summed E-state index contributed by atoms with van der Waals surface area (Å²) in [5.41, 5.74) is 4.12. The molecular weight excluding hydrogens is 521 g/mol. The molecular formula is C17H46O4Si9. The van der Waals surface area contributed by atoms with Crippen molar-refractivity contribution in [3.63, 3.8) is 0 Å². The van der Waals surface area contributed by atoms with Crippen LogP contribution < -0.4 is 4.74 Å². The van der Waals surface area contributed by atoms with Crippen molar-refractivity contribution in [2.45, 2.75) is 47.1 Å². The van der Waals surface area contributed by atoms with Crippen LogP contribution in [-0.4, -0.2) is 104 Å². The zero-order valence-corrected chi connectivity index (χ0v) is 35.6. The fourth-order valence-electron chi connectivity index (χ4n) is 5.15. The summed E-state index contributed by atoms with van der Waals surface area (Å²) in [6.07, 6.45) is 0.0638. The Morgan fingerprint density at radius 2 is 1.43 bits per heavy atom. The van der Waals surface area contributed by atoms with Gasteiger partial charge in [0.2, 0.25) is 0 Å². The summed E-state index contributed by atoms with van der Waals surface area (Å²) < 4.78 is 25.8. The summed E-state index contributed by atoms with van der Waals surface area (Å²) >= 11 is 0. The molecule has 1 aromatic carbocycles. The van der Waals surface area contributed by atoms with Gasteiger partial charge in [0.1, 0.15) is 19.2 Å². The number of benzene rings is 1. The van der Waals surface area contributed by atoms with Crippen LogP contribution >= 0.6 is 0 Å². The molecule has 0 saturated carbocycles. The van der Waals surface area contributed by atoms with Gasteiger partial charge in [0.15, 0.2) is 0 Å². The maximum Gasteiger partial charge on any atom is 0.296 e. The van der Waals surface area contributed by atoms with E-state index in [4.69, 9.17) is 18.0 Å². The quantitative estimate of drug-likeness (QED) is 0.233. The van der Waals surface area contributed by atoms with E-state index in [1.165, 1.54) is 78.0 Å². The zero-order valence-electron chi connectivity index (χ0n) is 21.4. The maximum atomic E-state index is 6.85. The van der Waals surface area contributed by atoms with Gasteiger partial charge in [0, 0.05) is 45.5 Å². The molecule has 30 heavy (non-hydrogen) atoms. The third-order valence-corrected chi connectivity index (χ3v) is 157. The van der Waals surface area contributed by atoms with Crippen LogP contribution in [0.15, 0.2) is 12.1 Å². The molecule has 0 aliphatic rings. The van der Waals surface area contributed by atoms with Crippen LogP contribution in [0.25, 0.3) is 0 Å². The molecule has 0 aliphatic heterocycles. The Hall–Kier alpha value is 0.852. The minimum Gasteiger partial charge on any atom is -0.496 e. The van der Waals surface area contributed by atoms with E-state index in [1.54, 1.807) is 7.11 Å². The minimum absolute atomic E-state index is 0.817. The average Bonchev–Trinajstić information content (AvgIpc) is 2.62. The van der Waals surface area contributed by atoms with E-state index in [1.807, 2.05) is 0 Å². The van der Waals surface area contributed by atoms with Crippen LogP contribution in [0, 0.1) is 13.8 Å². The van der Waals surface area contributed by atoms with E-state index < -0.39 is 28.4 Å². The topological polar surface area (TPSA) is 36.9 Å². The van der Waals surface area contributed by atoms with Crippen LogP contribution in [0.5, 0.6) is 5.75 Å². The highest BCUT2D eigenvalue weighted by atomic mass is 30.4. The smallest absolute Gasteiger partial charge is 0.296 e. The molecule has 0 amide bonds. The SMILES string of the molecule is CCO[SiH](OCC)[Si](CCc1cc(OC)c(C)cc1C)([Si]([SiH3])([SiH3])[SiH3])[Si]([SiH3])([SiH3])OCC.